The van der Waals surface area contributed by atoms with Crippen LogP contribution in [0.3, 0.4) is 0 Å². The number of aliphatic carboxylic acids is 1. The Morgan fingerprint density at radius 2 is 1.95 bits per heavy atom. The van der Waals surface area contributed by atoms with Crippen LogP contribution in [0.15, 0.2) is 18.2 Å². The maximum absolute atomic E-state index is 11.8. The molecule has 19 heavy (non-hydrogen) atoms. The average Bonchev–Trinajstić information content (AvgIpc) is 2.23. The van der Waals surface area contributed by atoms with Crippen molar-refractivity contribution in [1.29, 1.82) is 0 Å². The zero-order chi connectivity index (χ0) is 14.6. The van der Waals surface area contributed by atoms with E-state index in [1.807, 2.05) is 19.1 Å². The van der Waals surface area contributed by atoms with Gasteiger partial charge in [0.2, 0.25) is 5.91 Å². The van der Waals surface area contributed by atoms with Crippen LogP contribution in [0.1, 0.15) is 25.0 Å². The van der Waals surface area contributed by atoms with Crippen LogP contribution in [0, 0.1) is 18.8 Å². The molecule has 0 aliphatic carbocycles. The molecule has 1 atom stereocenters. The Kier molecular flexibility index (Phi) is 4.92. The number of aryl methyl sites for hydroxylation is 1. The van der Waals surface area contributed by atoms with Crippen LogP contribution in [0.2, 0.25) is 0 Å². The zero-order valence-electron chi connectivity index (χ0n) is 11.4. The first-order chi connectivity index (χ1) is 8.81. The number of nitrogen functional groups attached to an aromatic ring is 1. The fourth-order valence-electron chi connectivity index (χ4n) is 2.00. The minimum atomic E-state index is -1.10. The molecule has 1 aromatic carbocycles. The Balaban J connectivity index is 2.70. The highest BCUT2D eigenvalue weighted by molar-refractivity contribution is 5.97. The van der Waals surface area contributed by atoms with E-state index < -0.39 is 17.8 Å². The maximum Gasteiger partial charge on any atom is 0.316 e. The topological polar surface area (TPSA) is 92.4 Å². The Morgan fingerprint density at radius 1 is 1.32 bits per heavy atom. The van der Waals surface area contributed by atoms with Crippen molar-refractivity contribution >= 4 is 17.6 Å². The van der Waals surface area contributed by atoms with Gasteiger partial charge in [-0.25, -0.2) is 0 Å². The molecule has 1 aromatic rings. The van der Waals surface area contributed by atoms with Crippen LogP contribution < -0.4 is 11.1 Å². The predicted octanol–water partition coefficient (Wildman–Crippen LogP) is 1.55. The molecule has 0 saturated carbocycles. The highest BCUT2D eigenvalue weighted by atomic mass is 16.4. The lowest BCUT2D eigenvalue weighted by Crippen LogP contribution is -2.38. The van der Waals surface area contributed by atoms with Gasteiger partial charge >= 0.3 is 5.97 Å². The molecule has 1 unspecified atom stereocenters. The summed E-state index contributed by atoms with van der Waals surface area (Å²) in [6.45, 7) is 5.61. The van der Waals surface area contributed by atoms with E-state index in [4.69, 9.17) is 10.8 Å². The van der Waals surface area contributed by atoms with Gasteiger partial charge in [0.15, 0.2) is 0 Å². The molecule has 0 aromatic heterocycles. The second-order valence-corrected chi connectivity index (χ2v) is 5.03. The fourth-order valence-corrected chi connectivity index (χ4v) is 2.00. The third kappa shape index (κ3) is 4.28. The minimum absolute atomic E-state index is 0.250. The molecule has 0 saturated heterocycles. The molecule has 0 aliphatic heterocycles. The molecule has 0 fully saturated rings. The Bertz CT molecular complexity index is 463. The van der Waals surface area contributed by atoms with Crippen LogP contribution >= 0.6 is 0 Å². The summed E-state index contributed by atoms with van der Waals surface area (Å²) >= 11 is 0. The lowest BCUT2D eigenvalue weighted by molar-refractivity contribution is -0.148. The van der Waals surface area contributed by atoms with Gasteiger partial charge in [0.25, 0.3) is 0 Å². The lowest BCUT2D eigenvalue weighted by Gasteiger charge is -2.16. The van der Waals surface area contributed by atoms with Crippen LogP contribution in [0.25, 0.3) is 0 Å². The number of carboxylic acids is 1. The molecule has 0 heterocycles. The first-order valence-electron chi connectivity index (χ1n) is 6.18. The summed E-state index contributed by atoms with van der Waals surface area (Å²) in [6.07, 6.45) is 0. The number of hydrogen-bond acceptors (Lipinski definition) is 3. The third-order valence-corrected chi connectivity index (χ3v) is 2.84. The number of amides is 1. The first kappa shape index (κ1) is 15.0. The van der Waals surface area contributed by atoms with Gasteiger partial charge in [0.1, 0.15) is 5.92 Å². The normalized spacial score (nSPS) is 12.2. The number of benzene rings is 1. The van der Waals surface area contributed by atoms with Crippen molar-refractivity contribution in [2.45, 2.75) is 27.3 Å². The third-order valence-electron chi connectivity index (χ3n) is 2.84. The van der Waals surface area contributed by atoms with E-state index in [0.717, 1.165) is 11.1 Å². The monoisotopic (exact) mass is 264 g/mol. The van der Waals surface area contributed by atoms with Gasteiger partial charge < -0.3 is 16.2 Å². The number of hydrogen-bond donors (Lipinski definition) is 3. The molecule has 0 aliphatic rings. The molecular formula is C14H20N2O3. The molecular weight excluding hydrogens is 244 g/mol. The van der Waals surface area contributed by atoms with E-state index in [1.165, 1.54) is 0 Å². The van der Waals surface area contributed by atoms with Gasteiger partial charge in [-0.1, -0.05) is 19.9 Å². The molecule has 1 amide bonds. The van der Waals surface area contributed by atoms with Crippen LogP contribution in [-0.2, 0) is 16.1 Å². The molecule has 0 spiro atoms. The number of carbonyl (C=O) groups is 2. The first-order valence-corrected chi connectivity index (χ1v) is 6.18. The summed E-state index contributed by atoms with van der Waals surface area (Å²) in [5.41, 5.74) is 8.21. The fraction of sp³-hybridized carbons (Fsp3) is 0.429. The zero-order valence-corrected chi connectivity index (χ0v) is 11.4. The SMILES string of the molecule is Cc1cc(N)cc(CNC(=O)C(C(=O)O)C(C)C)c1. The summed E-state index contributed by atoms with van der Waals surface area (Å²) in [7, 11) is 0. The maximum atomic E-state index is 11.8. The molecule has 1 rings (SSSR count). The van der Waals surface area contributed by atoms with Crippen LogP contribution in [0.4, 0.5) is 5.69 Å². The summed E-state index contributed by atoms with van der Waals surface area (Å²) in [5, 5.41) is 11.7. The van der Waals surface area contributed by atoms with E-state index in [1.54, 1.807) is 19.9 Å². The number of anilines is 1. The van der Waals surface area contributed by atoms with Gasteiger partial charge in [-0.05, 0) is 36.1 Å². The van der Waals surface area contributed by atoms with E-state index in [9.17, 15) is 9.59 Å². The van der Waals surface area contributed by atoms with Crippen molar-refractivity contribution in [3.8, 4) is 0 Å². The summed E-state index contributed by atoms with van der Waals surface area (Å²) < 4.78 is 0. The van der Waals surface area contributed by atoms with Crippen LogP contribution in [0.5, 0.6) is 0 Å². The Hall–Kier alpha value is -2.04. The van der Waals surface area contributed by atoms with E-state index in [-0.39, 0.29) is 12.5 Å². The van der Waals surface area contributed by atoms with Gasteiger partial charge in [0, 0.05) is 12.2 Å². The van der Waals surface area contributed by atoms with Crippen LogP contribution in [-0.4, -0.2) is 17.0 Å². The number of carboxylic acid groups (broad SMARTS) is 1. The van der Waals surface area contributed by atoms with Crippen molar-refractivity contribution in [2.24, 2.45) is 11.8 Å². The van der Waals surface area contributed by atoms with E-state index in [0.29, 0.717) is 5.69 Å². The highest BCUT2D eigenvalue weighted by Gasteiger charge is 2.29. The quantitative estimate of drug-likeness (QED) is 0.555. The highest BCUT2D eigenvalue weighted by Crippen LogP contribution is 2.13. The minimum Gasteiger partial charge on any atom is -0.481 e. The smallest absolute Gasteiger partial charge is 0.316 e. The molecule has 5 heteroatoms. The molecule has 4 N–H and O–H groups in total. The molecule has 104 valence electrons. The van der Waals surface area contributed by atoms with Crippen molar-refractivity contribution in [3.05, 3.63) is 29.3 Å². The second kappa shape index (κ2) is 6.22. The molecule has 0 bridgehead atoms. The number of rotatable bonds is 5. The largest absolute Gasteiger partial charge is 0.481 e. The lowest BCUT2D eigenvalue weighted by atomic mass is 9.95. The second-order valence-electron chi connectivity index (χ2n) is 5.03. The van der Waals surface area contributed by atoms with Crippen molar-refractivity contribution in [3.63, 3.8) is 0 Å². The summed E-state index contributed by atoms with van der Waals surface area (Å²) in [6, 6.07) is 5.50. The van der Waals surface area contributed by atoms with Gasteiger partial charge in [0.05, 0.1) is 0 Å². The average molecular weight is 264 g/mol. The van der Waals surface area contributed by atoms with Crippen molar-refractivity contribution < 1.29 is 14.7 Å². The Labute approximate surface area is 112 Å². The predicted molar refractivity (Wildman–Crippen MR) is 73.4 cm³/mol. The van der Waals surface area contributed by atoms with Gasteiger partial charge in [-0.2, -0.15) is 0 Å². The Morgan fingerprint density at radius 3 is 2.42 bits per heavy atom. The number of nitrogens with one attached hydrogen (secondary N) is 1. The van der Waals surface area contributed by atoms with Crippen molar-refractivity contribution in [2.75, 3.05) is 5.73 Å². The van der Waals surface area contributed by atoms with Crippen molar-refractivity contribution in [1.82, 2.24) is 5.32 Å². The number of nitrogens with two attached hydrogens (primary N) is 1. The number of carbonyl (C=O) groups excluding carboxylic acids is 1. The summed E-state index contributed by atoms with van der Waals surface area (Å²) in [4.78, 5) is 22.9. The molecule has 5 nitrogen and oxygen atoms in total. The standard InChI is InChI=1S/C14H20N2O3/c1-8(2)12(14(18)19)13(17)16-7-10-4-9(3)5-11(15)6-10/h4-6,8,12H,7,15H2,1-3H3,(H,16,17)(H,18,19). The van der Waals surface area contributed by atoms with Gasteiger partial charge in [-0.3, -0.25) is 9.59 Å². The van der Waals surface area contributed by atoms with E-state index in [2.05, 4.69) is 5.32 Å². The molecule has 0 radical (unpaired) electrons. The van der Waals surface area contributed by atoms with Gasteiger partial charge in [-0.15, -0.1) is 0 Å². The van der Waals surface area contributed by atoms with E-state index >= 15 is 0 Å². The summed E-state index contributed by atoms with van der Waals surface area (Å²) in [5.74, 6) is -2.85.